The van der Waals surface area contributed by atoms with E-state index in [9.17, 15) is 14.9 Å². The number of aryl methyl sites for hydroxylation is 1. The van der Waals surface area contributed by atoms with Gasteiger partial charge in [-0.25, -0.2) is 9.67 Å². The Morgan fingerprint density at radius 3 is 2.69 bits per heavy atom. The Labute approximate surface area is 226 Å². The van der Waals surface area contributed by atoms with Crippen molar-refractivity contribution in [3.8, 4) is 6.07 Å². The molecule has 0 bridgehead atoms. The zero-order valence-electron chi connectivity index (χ0n) is 22.5. The van der Waals surface area contributed by atoms with Crippen LogP contribution in [0.25, 0.3) is 0 Å². The number of carbonyl (C=O) groups is 2. The highest BCUT2D eigenvalue weighted by atomic mass is 16.2. The van der Waals surface area contributed by atoms with Crippen LogP contribution in [0.3, 0.4) is 0 Å². The Bertz CT molecular complexity index is 1580. The van der Waals surface area contributed by atoms with E-state index < -0.39 is 0 Å². The number of rotatable bonds is 6. The molecule has 0 spiro atoms. The van der Waals surface area contributed by atoms with E-state index in [0.717, 1.165) is 46.5 Å². The maximum atomic E-state index is 12.9. The fourth-order valence-electron chi connectivity index (χ4n) is 5.89. The molecule has 3 fully saturated rings. The van der Waals surface area contributed by atoms with Gasteiger partial charge in [-0.15, -0.1) is 5.10 Å². The van der Waals surface area contributed by atoms with E-state index in [2.05, 4.69) is 38.2 Å². The van der Waals surface area contributed by atoms with E-state index in [1.807, 2.05) is 33.8 Å². The van der Waals surface area contributed by atoms with Gasteiger partial charge in [0.15, 0.2) is 5.69 Å². The molecule has 0 aromatic carbocycles. The van der Waals surface area contributed by atoms with Gasteiger partial charge in [0.2, 0.25) is 5.91 Å². The number of nitrogens with zero attached hydrogens (tertiary/aromatic N) is 7. The number of nitrogens with one attached hydrogen (secondary N) is 1. The summed E-state index contributed by atoms with van der Waals surface area (Å²) in [5.41, 5.74) is 6.51. The lowest BCUT2D eigenvalue weighted by Gasteiger charge is -2.35. The van der Waals surface area contributed by atoms with E-state index in [4.69, 9.17) is 0 Å². The number of carbonyl (C=O) groups excluding carboxylic acids is 2. The van der Waals surface area contributed by atoms with E-state index in [-0.39, 0.29) is 47.3 Å². The Balaban J connectivity index is 1.11. The van der Waals surface area contributed by atoms with Crippen molar-refractivity contribution in [2.45, 2.75) is 58.5 Å². The first kappa shape index (κ1) is 24.9. The third-order valence-corrected chi connectivity index (χ3v) is 8.63. The number of fused-ring (bicyclic) bond motifs is 1. The van der Waals surface area contributed by atoms with E-state index >= 15 is 0 Å². The minimum atomic E-state index is -0.274. The van der Waals surface area contributed by atoms with Crippen molar-refractivity contribution in [3.05, 3.63) is 76.0 Å². The molecular weight excluding hydrogens is 492 g/mol. The number of piperidine rings is 1. The van der Waals surface area contributed by atoms with Crippen LogP contribution in [0.5, 0.6) is 0 Å². The van der Waals surface area contributed by atoms with Crippen molar-refractivity contribution in [2.75, 3.05) is 11.4 Å². The van der Waals surface area contributed by atoms with Crippen LogP contribution in [0.4, 0.5) is 5.82 Å². The van der Waals surface area contributed by atoms with Gasteiger partial charge in [-0.05, 0) is 69.4 Å². The highest BCUT2D eigenvalue weighted by Crippen LogP contribution is 2.52. The standard InChI is InChI=1S/C29H30N8O2/c1-14-6-7-19(10-30)26(32-14)20-8-21(9-20)33-28(38)24-13-37(35-34-24)18(5)22-11-31-27(16(3)15(22)2)36-12-23-17(4)25(23)29(36)39/h6-7,11,13,18,20-21,23,25H,4,8-9,12H2,1-3,5H3,(H,33,38)/t18?,20-,21+,23-,25+/m0/s1. The predicted molar refractivity (Wildman–Crippen MR) is 143 cm³/mol. The van der Waals surface area contributed by atoms with Crippen LogP contribution in [0.15, 0.2) is 36.7 Å². The van der Waals surface area contributed by atoms with Crippen LogP contribution >= 0.6 is 0 Å². The van der Waals surface area contributed by atoms with Gasteiger partial charge in [-0.2, -0.15) is 5.26 Å². The molecule has 1 saturated heterocycles. The first-order valence-corrected chi connectivity index (χ1v) is 13.2. The summed E-state index contributed by atoms with van der Waals surface area (Å²) in [6.45, 7) is 12.5. The maximum absolute atomic E-state index is 12.9. The minimum absolute atomic E-state index is 0.00271. The molecule has 6 rings (SSSR count). The first-order valence-electron chi connectivity index (χ1n) is 13.2. The summed E-state index contributed by atoms with van der Waals surface area (Å²) in [5, 5.41) is 20.8. The van der Waals surface area contributed by atoms with E-state index in [1.54, 1.807) is 28.0 Å². The predicted octanol–water partition coefficient (Wildman–Crippen LogP) is 3.30. The SMILES string of the molecule is C=C1[C@H]2C(=O)N(c3ncc(C(C)n4cc(C(=O)N[C@H]5C[C@@H](c6nc(C)ccc6C#N)C5)nn4)c(C)c3C)C[C@@H]12. The Kier molecular flexibility index (Phi) is 5.83. The Hall–Kier alpha value is -4.39. The summed E-state index contributed by atoms with van der Waals surface area (Å²) in [7, 11) is 0. The largest absolute Gasteiger partial charge is 0.348 e. The van der Waals surface area contributed by atoms with Crippen LogP contribution in [0.1, 0.15) is 75.9 Å². The number of aromatic nitrogens is 5. The summed E-state index contributed by atoms with van der Waals surface area (Å²) in [6.07, 6.45) is 4.90. The number of hydrogen-bond acceptors (Lipinski definition) is 7. The van der Waals surface area contributed by atoms with Gasteiger partial charge in [0.1, 0.15) is 11.9 Å². The molecule has 3 atom stereocenters. The van der Waals surface area contributed by atoms with Crippen molar-refractivity contribution in [2.24, 2.45) is 11.8 Å². The van der Waals surface area contributed by atoms with Crippen molar-refractivity contribution in [3.63, 3.8) is 0 Å². The second kappa shape index (κ2) is 9.12. The van der Waals surface area contributed by atoms with Crippen LogP contribution in [-0.4, -0.2) is 49.4 Å². The summed E-state index contributed by atoms with van der Waals surface area (Å²) in [5.74, 6) is 0.897. The average Bonchev–Trinajstić information content (AvgIpc) is 3.22. The molecule has 10 heteroatoms. The monoisotopic (exact) mass is 522 g/mol. The van der Waals surface area contributed by atoms with Crippen molar-refractivity contribution >= 4 is 17.6 Å². The Morgan fingerprint density at radius 2 is 2.00 bits per heavy atom. The van der Waals surface area contributed by atoms with Gasteiger partial charge in [0, 0.05) is 36.3 Å². The van der Waals surface area contributed by atoms with Crippen LogP contribution < -0.4 is 10.2 Å². The summed E-state index contributed by atoms with van der Waals surface area (Å²) in [4.78, 5) is 36.6. The Morgan fingerprint density at radius 1 is 1.23 bits per heavy atom. The zero-order valence-corrected chi connectivity index (χ0v) is 22.5. The topological polar surface area (TPSA) is 130 Å². The normalized spacial score (nSPS) is 24.1. The smallest absolute Gasteiger partial charge is 0.273 e. The fraction of sp³-hybridized carbons (Fsp3) is 0.414. The second-order valence-corrected chi connectivity index (χ2v) is 11.0. The molecule has 3 aromatic rings. The molecule has 2 aliphatic carbocycles. The molecule has 3 aromatic heterocycles. The third kappa shape index (κ3) is 4.09. The molecule has 1 aliphatic heterocycles. The number of amides is 2. The number of hydrogen-bond donors (Lipinski definition) is 1. The van der Waals surface area contributed by atoms with Crippen LogP contribution in [0, 0.1) is 43.9 Å². The van der Waals surface area contributed by atoms with Crippen LogP contribution in [-0.2, 0) is 4.79 Å². The molecule has 3 aliphatic rings. The summed E-state index contributed by atoms with van der Waals surface area (Å²) in [6, 6.07) is 5.66. The minimum Gasteiger partial charge on any atom is -0.348 e. The van der Waals surface area contributed by atoms with Gasteiger partial charge in [0.25, 0.3) is 5.91 Å². The molecule has 2 saturated carbocycles. The molecular formula is C29H30N8O2. The lowest BCUT2D eigenvalue weighted by atomic mass is 9.76. The van der Waals surface area contributed by atoms with Gasteiger partial charge >= 0.3 is 0 Å². The molecule has 4 heterocycles. The van der Waals surface area contributed by atoms with Crippen molar-refractivity contribution in [1.29, 1.82) is 5.26 Å². The summed E-state index contributed by atoms with van der Waals surface area (Å²) >= 11 is 0. The van der Waals surface area contributed by atoms with Gasteiger partial charge in [0.05, 0.1) is 29.4 Å². The fourth-order valence-corrected chi connectivity index (χ4v) is 5.89. The lowest BCUT2D eigenvalue weighted by molar-refractivity contribution is -0.118. The lowest BCUT2D eigenvalue weighted by Crippen LogP contribution is -2.43. The molecule has 39 heavy (non-hydrogen) atoms. The first-order chi connectivity index (χ1) is 18.7. The maximum Gasteiger partial charge on any atom is 0.273 e. The van der Waals surface area contributed by atoms with E-state index in [0.29, 0.717) is 17.9 Å². The van der Waals surface area contributed by atoms with Gasteiger partial charge < -0.3 is 5.32 Å². The molecule has 1 unspecified atom stereocenters. The quantitative estimate of drug-likeness (QED) is 0.492. The van der Waals surface area contributed by atoms with Gasteiger partial charge in [-0.3, -0.25) is 19.5 Å². The number of pyridine rings is 2. The highest BCUT2D eigenvalue weighted by molar-refractivity contribution is 6.03. The highest BCUT2D eigenvalue weighted by Gasteiger charge is 2.56. The number of nitriles is 1. The average molecular weight is 523 g/mol. The van der Waals surface area contributed by atoms with Crippen molar-refractivity contribution in [1.82, 2.24) is 30.3 Å². The third-order valence-electron chi connectivity index (χ3n) is 8.63. The van der Waals surface area contributed by atoms with E-state index in [1.165, 1.54) is 0 Å². The zero-order chi connectivity index (χ0) is 27.6. The molecule has 10 nitrogen and oxygen atoms in total. The second-order valence-electron chi connectivity index (χ2n) is 11.0. The molecule has 198 valence electrons. The number of anilines is 1. The molecule has 2 amide bonds. The van der Waals surface area contributed by atoms with Gasteiger partial charge in [-0.1, -0.05) is 17.4 Å². The summed E-state index contributed by atoms with van der Waals surface area (Å²) < 4.78 is 1.66. The molecule has 0 radical (unpaired) electrons. The van der Waals surface area contributed by atoms with Crippen LogP contribution in [0.2, 0.25) is 0 Å². The van der Waals surface area contributed by atoms with Crippen molar-refractivity contribution < 1.29 is 9.59 Å². The molecule has 1 N–H and O–H groups in total.